The average Bonchev–Trinajstić information content (AvgIpc) is 3.52. The van der Waals surface area contributed by atoms with Crippen molar-refractivity contribution in [3.63, 3.8) is 0 Å². The van der Waals surface area contributed by atoms with E-state index in [9.17, 15) is 4.79 Å². The molecule has 0 spiro atoms. The minimum atomic E-state index is -1.30. The number of carbonyl (C=O) groups excluding carboxylic acids is 1. The van der Waals surface area contributed by atoms with E-state index in [-0.39, 0.29) is 11.8 Å². The number of aromatic nitrogens is 2. The molecule has 0 radical (unpaired) electrons. The van der Waals surface area contributed by atoms with Crippen LogP contribution in [0.4, 0.5) is 10.1 Å². The summed E-state index contributed by atoms with van der Waals surface area (Å²) < 4.78 is 17.2. The van der Waals surface area contributed by atoms with Gasteiger partial charge in [-0.2, -0.15) is 10.4 Å². The van der Waals surface area contributed by atoms with Crippen LogP contribution in [0.3, 0.4) is 0 Å². The van der Waals surface area contributed by atoms with Gasteiger partial charge in [0.05, 0.1) is 23.2 Å². The standard InChI is InChI=1S/C28H29FN6O/c29-28(7-1-8-31-19-28)24-4-2-20(3-5-24)23-15-26-25(6-9-32-35(26)18-23)33-10-12-34(13-11-33)27(36)16-21-14-22(21)17-30/h2-6,9,15-16,18,22,31H,1,7-8,10-14,19H2/b21-16+/t22-,28?/m1/s1. The first-order valence-electron chi connectivity index (χ1n) is 12.7. The van der Waals surface area contributed by atoms with Crippen LogP contribution in [-0.2, 0) is 10.5 Å². The maximum absolute atomic E-state index is 15.3. The zero-order chi connectivity index (χ0) is 24.7. The molecular weight excluding hydrogens is 455 g/mol. The zero-order valence-corrected chi connectivity index (χ0v) is 20.2. The number of fused-ring (bicyclic) bond motifs is 1. The molecule has 8 heteroatoms. The lowest BCUT2D eigenvalue weighted by atomic mass is 9.87. The van der Waals surface area contributed by atoms with Gasteiger partial charge >= 0.3 is 0 Å². The first-order chi connectivity index (χ1) is 17.5. The fourth-order valence-corrected chi connectivity index (χ4v) is 5.38. The second-order valence-corrected chi connectivity index (χ2v) is 10.0. The molecule has 184 valence electrons. The summed E-state index contributed by atoms with van der Waals surface area (Å²) in [5.41, 5.74) is 4.54. The van der Waals surface area contributed by atoms with Gasteiger partial charge in [-0.1, -0.05) is 24.3 Å². The van der Waals surface area contributed by atoms with Crippen molar-refractivity contribution in [1.29, 1.82) is 5.26 Å². The predicted molar refractivity (Wildman–Crippen MR) is 136 cm³/mol. The van der Waals surface area contributed by atoms with Crippen molar-refractivity contribution in [1.82, 2.24) is 19.8 Å². The number of carbonyl (C=O) groups is 1. The van der Waals surface area contributed by atoms with E-state index >= 15 is 4.39 Å². The number of nitrogens with zero attached hydrogens (tertiary/aromatic N) is 5. The van der Waals surface area contributed by atoms with Gasteiger partial charge < -0.3 is 15.1 Å². The molecule has 4 heterocycles. The fourth-order valence-electron chi connectivity index (χ4n) is 5.38. The van der Waals surface area contributed by atoms with E-state index in [1.807, 2.05) is 45.9 Å². The third-order valence-corrected chi connectivity index (χ3v) is 7.68. The van der Waals surface area contributed by atoms with E-state index in [4.69, 9.17) is 5.26 Å². The van der Waals surface area contributed by atoms with Crippen molar-refractivity contribution < 1.29 is 9.18 Å². The number of hydrogen-bond donors (Lipinski definition) is 1. The predicted octanol–water partition coefficient (Wildman–Crippen LogP) is 3.67. The number of hydrogen-bond acceptors (Lipinski definition) is 5. The molecule has 7 nitrogen and oxygen atoms in total. The molecule has 1 N–H and O–H groups in total. The highest BCUT2D eigenvalue weighted by Gasteiger charge is 2.34. The molecule has 6 rings (SSSR count). The summed E-state index contributed by atoms with van der Waals surface area (Å²) in [6, 6.07) is 14.2. The van der Waals surface area contributed by atoms with Gasteiger partial charge in [-0.05, 0) is 54.6 Å². The van der Waals surface area contributed by atoms with Crippen molar-refractivity contribution in [3.05, 3.63) is 66.0 Å². The molecule has 2 aliphatic heterocycles. The normalized spacial score (nSPS) is 25.2. The van der Waals surface area contributed by atoms with Crippen LogP contribution in [0.15, 0.2) is 60.4 Å². The monoisotopic (exact) mass is 484 g/mol. The lowest BCUT2D eigenvalue weighted by Crippen LogP contribution is -2.48. The molecule has 1 unspecified atom stereocenters. The Kier molecular flexibility index (Phi) is 5.73. The van der Waals surface area contributed by atoms with Crippen molar-refractivity contribution in [2.75, 3.05) is 44.2 Å². The van der Waals surface area contributed by atoms with E-state index in [1.165, 1.54) is 0 Å². The maximum Gasteiger partial charge on any atom is 0.246 e. The van der Waals surface area contributed by atoms with Gasteiger partial charge in [0.15, 0.2) is 0 Å². The molecule has 3 aromatic rings. The number of halogens is 1. The Bertz CT molecular complexity index is 1360. The number of benzene rings is 1. The third-order valence-electron chi connectivity index (χ3n) is 7.68. The number of alkyl halides is 1. The van der Waals surface area contributed by atoms with E-state index in [2.05, 4.69) is 27.5 Å². The summed E-state index contributed by atoms with van der Waals surface area (Å²) in [6.07, 6.45) is 7.58. The Morgan fingerprint density at radius 2 is 1.97 bits per heavy atom. The Hall–Kier alpha value is -3.70. The van der Waals surface area contributed by atoms with Crippen molar-refractivity contribution in [2.24, 2.45) is 5.92 Å². The van der Waals surface area contributed by atoms with Crippen LogP contribution in [0.25, 0.3) is 16.6 Å². The van der Waals surface area contributed by atoms with Crippen LogP contribution in [-0.4, -0.2) is 59.7 Å². The van der Waals surface area contributed by atoms with Crippen molar-refractivity contribution in [2.45, 2.75) is 24.9 Å². The molecular formula is C28H29FN6O. The summed E-state index contributed by atoms with van der Waals surface area (Å²) >= 11 is 0. The van der Waals surface area contributed by atoms with Gasteiger partial charge in [0.25, 0.3) is 0 Å². The van der Waals surface area contributed by atoms with Crippen molar-refractivity contribution in [3.8, 4) is 17.2 Å². The molecule has 1 amide bonds. The Balaban J connectivity index is 1.18. The van der Waals surface area contributed by atoms with Crippen LogP contribution in [0.1, 0.15) is 24.8 Å². The Labute approximate surface area is 209 Å². The highest BCUT2D eigenvalue weighted by molar-refractivity contribution is 5.89. The largest absolute Gasteiger partial charge is 0.366 e. The Morgan fingerprint density at radius 3 is 2.67 bits per heavy atom. The number of anilines is 1. The summed E-state index contributed by atoms with van der Waals surface area (Å²) in [5, 5.41) is 16.6. The average molecular weight is 485 g/mol. The van der Waals surface area contributed by atoms with Gasteiger partial charge in [-0.25, -0.2) is 8.91 Å². The second-order valence-electron chi connectivity index (χ2n) is 10.0. The van der Waals surface area contributed by atoms with Crippen LogP contribution in [0.2, 0.25) is 0 Å². The fraction of sp³-hybridized carbons (Fsp3) is 0.393. The van der Waals surface area contributed by atoms with E-state index in [0.717, 1.165) is 65.9 Å². The van der Waals surface area contributed by atoms with E-state index in [1.54, 1.807) is 12.3 Å². The van der Waals surface area contributed by atoms with E-state index in [0.29, 0.717) is 26.1 Å². The summed E-state index contributed by atoms with van der Waals surface area (Å²) in [6.45, 7) is 4.00. The summed E-state index contributed by atoms with van der Waals surface area (Å²) in [7, 11) is 0. The van der Waals surface area contributed by atoms with Gasteiger partial charge in [0, 0.05) is 56.8 Å². The quantitative estimate of drug-likeness (QED) is 0.572. The molecule has 1 aromatic carbocycles. The van der Waals surface area contributed by atoms with Crippen LogP contribution in [0.5, 0.6) is 0 Å². The van der Waals surface area contributed by atoms with Gasteiger partial charge in [0.2, 0.25) is 5.91 Å². The topological polar surface area (TPSA) is 76.7 Å². The summed E-state index contributed by atoms with van der Waals surface area (Å²) in [4.78, 5) is 16.7. The van der Waals surface area contributed by atoms with Gasteiger partial charge in [-0.15, -0.1) is 0 Å². The molecule has 36 heavy (non-hydrogen) atoms. The van der Waals surface area contributed by atoms with Crippen LogP contribution < -0.4 is 10.2 Å². The summed E-state index contributed by atoms with van der Waals surface area (Å²) in [5.74, 6) is -0.0581. The lowest BCUT2D eigenvalue weighted by molar-refractivity contribution is -0.126. The molecule has 1 saturated carbocycles. The van der Waals surface area contributed by atoms with Crippen LogP contribution in [0, 0.1) is 17.2 Å². The van der Waals surface area contributed by atoms with Crippen LogP contribution >= 0.6 is 0 Å². The smallest absolute Gasteiger partial charge is 0.246 e. The minimum absolute atomic E-state index is 0.00904. The number of amides is 1. The van der Waals surface area contributed by atoms with E-state index < -0.39 is 5.67 Å². The van der Waals surface area contributed by atoms with Gasteiger partial charge in [-0.3, -0.25) is 4.79 Å². The molecule has 3 aliphatic rings. The maximum atomic E-state index is 15.3. The molecule has 1 aliphatic carbocycles. The highest BCUT2D eigenvalue weighted by Crippen LogP contribution is 2.37. The second kappa shape index (κ2) is 9.07. The first-order valence-corrected chi connectivity index (χ1v) is 12.7. The number of piperidine rings is 1. The van der Waals surface area contributed by atoms with Gasteiger partial charge in [0.1, 0.15) is 5.67 Å². The van der Waals surface area contributed by atoms with Crippen molar-refractivity contribution >= 4 is 17.1 Å². The Morgan fingerprint density at radius 1 is 1.17 bits per heavy atom. The highest BCUT2D eigenvalue weighted by atomic mass is 19.1. The molecule has 3 fully saturated rings. The molecule has 2 aromatic heterocycles. The minimum Gasteiger partial charge on any atom is -0.366 e. The number of rotatable bonds is 4. The first kappa shape index (κ1) is 22.7. The third kappa shape index (κ3) is 4.24. The lowest BCUT2D eigenvalue weighted by Gasteiger charge is -2.35. The number of nitriles is 1. The zero-order valence-electron chi connectivity index (χ0n) is 20.2. The molecule has 0 bridgehead atoms. The SMILES string of the molecule is N#C[C@H]1C/C1=C\C(=O)N1CCN(c2ccnn3cc(-c4ccc(C5(F)CCCNC5)cc4)cc23)CC1. The number of allylic oxidation sites excluding steroid dienone is 1. The molecule has 2 atom stereocenters. The number of nitrogens with one attached hydrogen (secondary N) is 1. The molecule has 2 saturated heterocycles. The number of piperazine rings is 1.